The maximum atomic E-state index is 12.2. The summed E-state index contributed by atoms with van der Waals surface area (Å²) in [5.41, 5.74) is 5.38. The lowest BCUT2D eigenvalue weighted by molar-refractivity contribution is -0.116. The van der Waals surface area contributed by atoms with Crippen molar-refractivity contribution in [1.82, 2.24) is 9.97 Å². The molecule has 1 N–H and O–H groups in total. The Bertz CT molecular complexity index is 781. The van der Waals surface area contributed by atoms with E-state index in [1.807, 2.05) is 13.8 Å². The van der Waals surface area contributed by atoms with Crippen LogP contribution in [0.5, 0.6) is 0 Å². The van der Waals surface area contributed by atoms with Gasteiger partial charge in [0.1, 0.15) is 0 Å². The van der Waals surface area contributed by atoms with E-state index in [1.165, 1.54) is 11.1 Å². The van der Waals surface area contributed by atoms with Crippen molar-refractivity contribution in [2.45, 2.75) is 53.4 Å². The Kier molecular flexibility index (Phi) is 5.16. The Hall–Kier alpha value is -2.23. The molecule has 1 aliphatic rings. The van der Waals surface area contributed by atoms with E-state index in [0.717, 1.165) is 36.3 Å². The first kappa shape index (κ1) is 17.6. The molecule has 1 aromatic heterocycles. The first-order valence-electron chi connectivity index (χ1n) is 9.22. The maximum Gasteiger partial charge on any atom is 0.225 e. The molecule has 2 aromatic rings. The standard InChI is InChI=1S/C21H27N3O/c1-13(2)11-18-21(24-19(25)12-14(3)4)23-17-10-9-15-7-5-6-8-16(15)20(17)22-18/h5-8,13-14H,9-12H2,1-4H3,(H,23,24,25). The predicted octanol–water partition coefficient (Wildman–Crippen LogP) is 4.43. The normalized spacial score (nSPS) is 12.9. The summed E-state index contributed by atoms with van der Waals surface area (Å²) in [7, 11) is 0. The second kappa shape index (κ2) is 7.34. The number of nitrogens with one attached hydrogen (secondary N) is 1. The largest absolute Gasteiger partial charge is 0.309 e. The van der Waals surface area contributed by atoms with Crippen LogP contribution in [0.25, 0.3) is 11.3 Å². The zero-order valence-electron chi connectivity index (χ0n) is 15.6. The lowest BCUT2D eigenvalue weighted by Crippen LogP contribution is -2.20. The van der Waals surface area contributed by atoms with Gasteiger partial charge in [0, 0.05) is 12.0 Å². The Morgan fingerprint density at radius 1 is 1.08 bits per heavy atom. The molecule has 0 saturated carbocycles. The lowest BCUT2D eigenvalue weighted by Gasteiger charge is -2.21. The van der Waals surface area contributed by atoms with Crippen LogP contribution in [0.1, 0.15) is 51.1 Å². The second-order valence-corrected chi connectivity index (χ2v) is 7.72. The molecule has 0 spiro atoms. The van der Waals surface area contributed by atoms with Gasteiger partial charge in [-0.1, -0.05) is 52.0 Å². The molecule has 0 saturated heterocycles. The van der Waals surface area contributed by atoms with E-state index in [4.69, 9.17) is 9.97 Å². The van der Waals surface area contributed by atoms with E-state index in [1.54, 1.807) is 0 Å². The Balaban J connectivity index is 2.00. The van der Waals surface area contributed by atoms with Gasteiger partial charge in [-0.3, -0.25) is 4.79 Å². The summed E-state index contributed by atoms with van der Waals surface area (Å²) in [6.45, 7) is 8.41. The highest BCUT2D eigenvalue weighted by Gasteiger charge is 2.22. The summed E-state index contributed by atoms with van der Waals surface area (Å²) in [6.07, 6.45) is 3.15. The highest BCUT2D eigenvalue weighted by Crippen LogP contribution is 2.33. The zero-order valence-corrected chi connectivity index (χ0v) is 15.6. The summed E-state index contributed by atoms with van der Waals surface area (Å²) >= 11 is 0. The highest BCUT2D eigenvalue weighted by molar-refractivity contribution is 5.90. The van der Waals surface area contributed by atoms with E-state index in [-0.39, 0.29) is 5.91 Å². The summed E-state index contributed by atoms with van der Waals surface area (Å²) in [5, 5.41) is 3.01. The first-order chi connectivity index (χ1) is 11.9. The van der Waals surface area contributed by atoms with Crippen molar-refractivity contribution < 1.29 is 4.79 Å². The number of benzene rings is 1. The number of rotatable bonds is 5. The third-order valence-corrected chi connectivity index (χ3v) is 4.40. The molecule has 0 bridgehead atoms. The smallest absolute Gasteiger partial charge is 0.225 e. The van der Waals surface area contributed by atoms with Crippen LogP contribution in [0.2, 0.25) is 0 Å². The molecule has 4 nitrogen and oxygen atoms in total. The number of fused-ring (bicyclic) bond motifs is 3. The molecule has 25 heavy (non-hydrogen) atoms. The molecular weight excluding hydrogens is 310 g/mol. The van der Waals surface area contributed by atoms with Crippen LogP contribution in [0.3, 0.4) is 0 Å². The topological polar surface area (TPSA) is 54.9 Å². The van der Waals surface area contributed by atoms with Crippen molar-refractivity contribution in [1.29, 1.82) is 0 Å². The zero-order chi connectivity index (χ0) is 18.0. The third-order valence-electron chi connectivity index (χ3n) is 4.40. The number of amides is 1. The Morgan fingerprint density at radius 2 is 1.84 bits per heavy atom. The Labute approximate surface area is 150 Å². The molecule has 0 aliphatic heterocycles. The van der Waals surface area contributed by atoms with Gasteiger partial charge in [0.15, 0.2) is 5.82 Å². The second-order valence-electron chi connectivity index (χ2n) is 7.72. The van der Waals surface area contributed by atoms with E-state index in [9.17, 15) is 4.79 Å². The van der Waals surface area contributed by atoms with Crippen LogP contribution in [-0.2, 0) is 24.1 Å². The molecule has 0 atom stereocenters. The summed E-state index contributed by atoms with van der Waals surface area (Å²) in [5.74, 6) is 1.45. The van der Waals surface area contributed by atoms with Crippen molar-refractivity contribution in [3.63, 3.8) is 0 Å². The van der Waals surface area contributed by atoms with Gasteiger partial charge in [-0.2, -0.15) is 0 Å². The number of anilines is 1. The molecule has 0 radical (unpaired) electrons. The van der Waals surface area contributed by atoms with Crippen molar-refractivity contribution in [2.24, 2.45) is 11.8 Å². The third kappa shape index (κ3) is 4.06. The van der Waals surface area contributed by atoms with Gasteiger partial charge in [0.2, 0.25) is 5.91 Å². The fourth-order valence-corrected chi connectivity index (χ4v) is 3.30. The fourth-order valence-electron chi connectivity index (χ4n) is 3.30. The van der Waals surface area contributed by atoms with Gasteiger partial charge in [0.25, 0.3) is 0 Å². The van der Waals surface area contributed by atoms with Gasteiger partial charge >= 0.3 is 0 Å². The number of carbonyl (C=O) groups is 1. The monoisotopic (exact) mass is 337 g/mol. The van der Waals surface area contributed by atoms with E-state index in [0.29, 0.717) is 24.1 Å². The number of hydrogen-bond acceptors (Lipinski definition) is 3. The van der Waals surface area contributed by atoms with Crippen molar-refractivity contribution in [3.05, 3.63) is 41.2 Å². The number of carbonyl (C=O) groups excluding carboxylic acids is 1. The summed E-state index contributed by atoms with van der Waals surface area (Å²) in [6, 6.07) is 8.42. The van der Waals surface area contributed by atoms with Crippen molar-refractivity contribution in [3.8, 4) is 11.3 Å². The molecule has 1 heterocycles. The van der Waals surface area contributed by atoms with Crippen LogP contribution in [0.4, 0.5) is 5.82 Å². The minimum Gasteiger partial charge on any atom is -0.309 e. The minimum atomic E-state index is 0.0189. The average molecular weight is 337 g/mol. The van der Waals surface area contributed by atoms with E-state index in [2.05, 4.69) is 43.4 Å². The molecule has 4 heteroatoms. The van der Waals surface area contributed by atoms with Crippen LogP contribution < -0.4 is 5.32 Å². The predicted molar refractivity (Wildman–Crippen MR) is 102 cm³/mol. The molecule has 1 aliphatic carbocycles. The maximum absolute atomic E-state index is 12.2. The molecule has 1 aromatic carbocycles. The number of nitrogens with zero attached hydrogens (tertiary/aromatic N) is 2. The highest BCUT2D eigenvalue weighted by atomic mass is 16.1. The van der Waals surface area contributed by atoms with E-state index >= 15 is 0 Å². The van der Waals surface area contributed by atoms with Gasteiger partial charge in [-0.25, -0.2) is 9.97 Å². The Morgan fingerprint density at radius 3 is 2.56 bits per heavy atom. The molecule has 0 fully saturated rings. The molecule has 132 valence electrons. The number of aryl methyl sites for hydroxylation is 2. The molecule has 0 unspecified atom stereocenters. The number of hydrogen-bond donors (Lipinski definition) is 1. The van der Waals surface area contributed by atoms with Crippen LogP contribution >= 0.6 is 0 Å². The SMILES string of the molecule is CC(C)CC(=O)Nc1nc2c(nc1CC(C)C)-c1ccccc1CC2. The van der Waals surface area contributed by atoms with Crippen LogP contribution in [-0.4, -0.2) is 15.9 Å². The van der Waals surface area contributed by atoms with Gasteiger partial charge in [0.05, 0.1) is 17.1 Å². The summed E-state index contributed by atoms with van der Waals surface area (Å²) < 4.78 is 0. The number of aromatic nitrogens is 2. The lowest BCUT2D eigenvalue weighted by atomic mass is 9.91. The van der Waals surface area contributed by atoms with Gasteiger partial charge < -0.3 is 5.32 Å². The van der Waals surface area contributed by atoms with Crippen LogP contribution in [0.15, 0.2) is 24.3 Å². The molecule has 1 amide bonds. The molecule has 3 rings (SSSR count). The van der Waals surface area contributed by atoms with Gasteiger partial charge in [-0.05, 0) is 36.7 Å². The first-order valence-corrected chi connectivity index (χ1v) is 9.22. The fraction of sp³-hybridized carbons (Fsp3) is 0.476. The van der Waals surface area contributed by atoms with E-state index < -0.39 is 0 Å². The molecular formula is C21H27N3O. The average Bonchev–Trinajstić information content (AvgIpc) is 2.54. The minimum absolute atomic E-state index is 0.0189. The van der Waals surface area contributed by atoms with Crippen LogP contribution in [0, 0.1) is 11.8 Å². The quantitative estimate of drug-likeness (QED) is 0.878. The van der Waals surface area contributed by atoms with Crippen molar-refractivity contribution >= 4 is 11.7 Å². The summed E-state index contributed by atoms with van der Waals surface area (Å²) in [4.78, 5) is 22.0. The van der Waals surface area contributed by atoms with Crippen molar-refractivity contribution in [2.75, 3.05) is 5.32 Å². The van der Waals surface area contributed by atoms with Gasteiger partial charge in [-0.15, -0.1) is 0 Å².